The summed E-state index contributed by atoms with van der Waals surface area (Å²) >= 11 is 0. The van der Waals surface area contributed by atoms with Gasteiger partial charge in [-0.3, -0.25) is 19.3 Å². The summed E-state index contributed by atoms with van der Waals surface area (Å²) in [5.41, 5.74) is -0.277. The van der Waals surface area contributed by atoms with Crippen molar-refractivity contribution in [3.8, 4) is 0 Å². The summed E-state index contributed by atoms with van der Waals surface area (Å²) in [7, 11) is 0. The Morgan fingerprint density at radius 1 is 1.04 bits per heavy atom. The molecule has 0 atom stereocenters. The molecule has 0 bridgehead atoms. The number of ether oxygens (including phenoxy) is 1. The van der Waals surface area contributed by atoms with Crippen molar-refractivity contribution >= 4 is 17.9 Å². The lowest BCUT2D eigenvalue weighted by Crippen LogP contribution is -2.43. The molecule has 9 nitrogen and oxygen atoms in total. The first kappa shape index (κ1) is 18.0. The predicted molar refractivity (Wildman–Crippen MR) is 89.7 cm³/mol. The van der Waals surface area contributed by atoms with Crippen molar-refractivity contribution < 1.29 is 23.5 Å². The van der Waals surface area contributed by atoms with Crippen LogP contribution in [0.2, 0.25) is 0 Å². The van der Waals surface area contributed by atoms with E-state index in [0.29, 0.717) is 51.5 Å². The number of carbonyl (C=O) groups excluding carboxylic acids is 3. The van der Waals surface area contributed by atoms with Crippen molar-refractivity contribution in [3.63, 3.8) is 0 Å². The maximum atomic E-state index is 12.6. The second kappa shape index (κ2) is 7.59. The van der Waals surface area contributed by atoms with Gasteiger partial charge in [0.05, 0.1) is 6.54 Å². The van der Waals surface area contributed by atoms with Gasteiger partial charge in [0.25, 0.3) is 5.91 Å². The van der Waals surface area contributed by atoms with E-state index in [2.05, 4.69) is 0 Å². The number of cyclic esters (lactones) is 1. The van der Waals surface area contributed by atoms with Gasteiger partial charge >= 0.3 is 6.09 Å². The van der Waals surface area contributed by atoms with Crippen LogP contribution < -0.4 is 5.43 Å². The van der Waals surface area contributed by atoms with Gasteiger partial charge in [0, 0.05) is 38.3 Å². The molecule has 3 heterocycles. The molecule has 0 spiro atoms. The minimum Gasteiger partial charge on any atom is -0.456 e. The Labute approximate surface area is 150 Å². The SMILES string of the molecule is Cc1cc(=O)cc(C(=O)N2CCCN(C(=O)CN3CCOC3=O)CC2)o1. The largest absolute Gasteiger partial charge is 0.456 e. The molecular formula is C17H21N3O6. The van der Waals surface area contributed by atoms with Crippen molar-refractivity contribution in [1.82, 2.24) is 14.7 Å². The van der Waals surface area contributed by atoms with Crippen molar-refractivity contribution in [2.45, 2.75) is 13.3 Å². The molecule has 26 heavy (non-hydrogen) atoms. The first-order chi connectivity index (χ1) is 12.4. The second-order valence-corrected chi connectivity index (χ2v) is 6.33. The van der Waals surface area contributed by atoms with Crippen LogP contribution in [0.3, 0.4) is 0 Å². The molecule has 3 rings (SSSR count). The molecule has 2 fully saturated rings. The summed E-state index contributed by atoms with van der Waals surface area (Å²) in [4.78, 5) is 52.6. The number of amides is 3. The van der Waals surface area contributed by atoms with Gasteiger partial charge in [0.2, 0.25) is 5.91 Å². The lowest BCUT2D eigenvalue weighted by molar-refractivity contribution is -0.131. The molecule has 0 aromatic carbocycles. The van der Waals surface area contributed by atoms with Gasteiger partial charge in [-0.05, 0) is 13.3 Å². The quantitative estimate of drug-likeness (QED) is 0.754. The summed E-state index contributed by atoms with van der Waals surface area (Å²) in [6.07, 6.45) is 0.136. The molecule has 140 valence electrons. The highest BCUT2D eigenvalue weighted by Gasteiger charge is 2.28. The van der Waals surface area contributed by atoms with Gasteiger partial charge in [-0.25, -0.2) is 4.79 Å². The Morgan fingerprint density at radius 3 is 2.46 bits per heavy atom. The fourth-order valence-electron chi connectivity index (χ4n) is 3.07. The topological polar surface area (TPSA) is 100 Å². The molecule has 1 aromatic heterocycles. The first-order valence-corrected chi connectivity index (χ1v) is 8.54. The third-order valence-electron chi connectivity index (χ3n) is 4.41. The Hall–Kier alpha value is -2.84. The van der Waals surface area contributed by atoms with E-state index in [4.69, 9.17) is 9.15 Å². The zero-order chi connectivity index (χ0) is 18.7. The number of rotatable bonds is 3. The van der Waals surface area contributed by atoms with E-state index in [9.17, 15) is 19.2 Å². The van der Waals surface area contributed by atoms with Crippen molar-refractivity contribution in [1.29, 1.82) is 0 Å². The molecular weight excluding hydrogens is 342 g/mol. The molecule has 0 radical (unpaired) electrons. The lowest BCUT2D eigenvalue weighted by Gasteiger charge is -2.23. The number of aryl methyl sites for hydroxylation is 1. The summed E-state index contributed by atoms with van der Waals surface area (Å²) in [5, 5.41) is 0. The van der Waals surface area contributed by atoms with Gasteiger partial charge in [-0.1, -0.05) is 0 Å². The van der Waals surface area contributed by atoms with Crippen LogP contribution >= 0.6 is 0 Å². The van der Waals surface area contributed by atoms with Crippen molar-refractivity contribution in [2.24, 2.45) is 0 Å². The average Bonchev–Trinajstić information content (AvgIpc) is 2.85. The third kappa shape index (κ3) is 4.04. The van der Waals surface area contributed by atoms with Gasteiger partial charge in [-0.15, -0.1) is 0 Å². The zero-order valence-electron chi connectivity index (χ0n) is 14.6. The molecule has 2 aliphatic heterocycles. The monoisotopic (exact) mass is 363 g/mol. The van der Waals surface area contributed by atoms with E-state index in [-0.39, 0.29) is 29.5 Å². The van der Waals surface area contributed by atoms with Gasteiger partial charge in [0.15, 0.2) is 11.2 Å². The number of carbonyl (C=O) groups is 3. The first-order valence-electron chi connectivity index (χ1n) is 8.54. The average molecular weight is 363 g/mol. The van der Waals surface area contributed by atoms with Crippen molar-refractivity contribution in [2.75, 3.05) is 45.9 Å². The molecule has 0 saturated carbocycles. The minimum absolute atomic E-state index is 0.00888. The third-order valence-corrected chi connectivity index (χ3v) is 4.41. The van der Waals surface area contributed by atoms with E-state index in [1.165, 1.54) is 17.0 Å². The number of hydrogen-bond donors (Lipinski definition) is 0. The summed E-state index contributed by atoms with van der Waals surface area (Å²) in [6.45, 7) is 3.99. The standard InChI is InChI=1S/C17H21N3O6/c1-12-9-13(21)10-14(26-12)16(23)19-4-2-3-18(5-6-19)15(22)11-20-7-8-25-17(20)24/h9-10H,2-8,11H2,1H3. The molecule has 9 heteroatoms. The molecule has 3 amide bonds. The van der Waals surface area contributed by atoms with Crippen LogP contribution in [0, 0.1) is 6.92 Å². The normalized spacial score (nSPS) is 17.9. The van der Waals surface area contributed by atoms with Crippen molar-refractivity contribution in [3.05, 3.63) is 33.9 Å². The molecule has 0 unspecified atom stereocenters. The van der Waals surface area contributed by atoms with Gasteiger partial charge in [-0.2, -0.15) is 0 Å². The van der Waals surface area contributed by atoms with Crippen LogP contribution in [0.5, 0.6) is 0 Å². The zero-order valence-corrected chi connectivity index (χ0v) is 14.6. The Morgan fingerprint density at radius 2 is 1.77 bits per heavy atom. The number of hydrogen-bond acceptors (Lipinski definition) is 6. The highest BCUT2D eigenvalue weighted by Crippen LogP contribution is 2.11. The summed E-state index contributed by atoms with van der Waals surface area (Å²) < 4.78 is 10.2. The van der Waals surface area contributed by atoms with Crippen LogP contribution in [-0.4, -0.2) is 78.5 Å². The predicted octanol–water partition coefficient (Wildman–Crippen LogP) is 0.0749. The van der Waals surface area contributed by atoms with Gasteiger partial charge in [0.1, 0.15) is 18.9 Å². The number of nitrogens with zero attached hydrogens (tertiary/aromatic N) is 3. The molecule has 0 N–H and O–H groups in total. The maximum absolute atomic E-state index is 12.6. The van der Waals surface area contributed by atoms with Gasteiger partial charge < -0.3 is 19.0 Å². The van der Waals surface area contributed by atoms with Crippen LogP contribution in [-0.2, 0) is 9.53 Å². The summed E-state index contributed by atoms with van der Waals surface area (Å²) in [5.74, 6) is -0.136. The van der Waals surface area contributed by atoms with E-state index in [0.717, 1.165) is 0 Å². The second-order valence-electron chi connectivity index (χ2n) is 6.33. The maximum Gasteiger partial charge on any atom is 0.410 e. The highest BCUT2D eigenvalue weighted by atomic mass is 16.6. The summed E-state index contributed by atoms with van der Waals surface area (Å²) in [6, 6.07) is 2.51. The molecule has 2 aliphatic rings. The smallest absolute Gasteiger partial charge is 0.410 e. The lowest BCUT2D eigenvalue weighted by atomic mass is 10.3. The fourth-order valence-corrected chi connectivity index (χ4v) is 3.07. The Balaban J connectivity index is 1.60. The fraction of sp³-hybridized carbons (Fsp3) is 0.529. The highest BCUT2D eigenvalue weighted by molar-refractivity contribution is 5.91. The van der Waals surface area contributed by atoms with E-state index < -0.39 is 6.09 Å². The van der Waals surface area contributed by atoms with Crippen LogP contribution in [0.4, 0.5) is 4.79 Å². The minimum atomic E-state index is -0.473. The molecule has 2 saturated heterocycles. The van der Waals surface area contributed by atoms with Crippen LogP contribution in [0.25, 0.3) is 0 Å². The molecule has 0 aliphatic carbocycles. The Bertz CT molecular complexity index is 774. The Kier molecular flexibility index (Phi) is 5.24. The van der Waals surface area contributed by atoms with E-state index >= 15 is 0 Å². The van der Waals surface area contributed by atoms with Crippen LogP contribution in [0.1, 0.15) is 22.7 Å². The van der Waals surface area contributed by atoms with E-state index in [1.807, 2.05) is 0 Å². The molecule has 1 aromatic rings. The van der Waals surface area contributed by atoms with Crippen LogP contribution in [0.15, 0.2) is 21.3 Å². The van der Waals surface area contributed by atoms with E-state index in [1.54, 1.807) is 16.7 Å².